The Morgan fingerprint density at radius 2 is 1.81 bits per heavy atom. The van der Waals surface area contributed by atoms with Crippen LogP contribution in [0, 0.1) is 5.92 Å². The lowest BCUT2D eigenvalue weighted by Crippen LogP contribution is -2.44. The van der Waals surface area contributed by atoms with Crippen LogP contribution in [-0.2, 0) is 21.1 Å². The third-order valence-electron chi connectivity index (χ3n) is 8.08. The van der Waals surface area contributed by atoms with Crippen LogP contribution in [0.2, 0.25) is 18.1 Å². The molecule has 1 aromatic heterocycles. The molecule has 2 amide bonds. The third-order valence-corrected chi connectivity index (χ3v) is 12.6. The summed E-state index contributed by atoms with van der Waals surface area (Å²) in [4.78, 5) is 38.9. The molecule has 10 heteroatoms. The molecule has 2 saturated heterocycles. The van der Waals surface area contributed by atoms with Gasteiger partial charge in [0.15, 0.2) is 14.1 Å². The predicted octanol–water partition coefficient (Wildman–Crippen LogP) is 3.46. The van der Waals surface area contributed by atoms with Crippen LogP contribution >= 0.6 is 0 Å². The van der Waals surface area contributed by atoms with Crippen LogP contribution < -0.4 is 15.9 Å². The van der Waals surface area contributed by atoms with Crippen LogP contribution in [0.4, 0.5) is 5.69 Å². The molecule has 1 aromatic carbocycles. The maximum atomic E-state index is 12.8. The molecule has 2 aliphatic rings. The van der Waals surface area contributed by atoms with Crippen molar-refractivity contribution in [1.29, 1.82) is 0 Å². The molecule has 4 rings (SSSR count). The zero-order valence-corrected chi connectivity index (χ0v) is 23.3. The molecule has 0 aliphatic carbocycles. The van der Waals surface area contributed by atoms with Gasteiger partial charge in [0.1, 0.15) is 6.04 Å². The Labute approximate surface area is 213 Å². The summed E-state index contributed by atoms with van der Waals surface area (Å²) in [5, 5.41) is 6.99. The maximum Gasteiger partial charge on any atom is 0.346 e. The fourth-order valence-corrected chi connectivity index (χ4v) is 5.71. The van der Waals surface area contributed by atoms with E-state index in [-0.39, 0.29) is 29.5 Å². The Hall–Kier alpha value is -2.72. The van der Waals surface area contributed by atoms with Gasteiger partial charge in [0.05, 0.1) is 0 Å². The monoisotopic (exact) mass is 513 g/mol. The molecule has 0 spiro atoms. The number of nitrogens with one attached hydrogen (secondary N) is 1. The van der Waals surface area contributed by atoms with Gasteiger partial charge in [-0.25, -0.2) is 9.48 Å². The van der Waals surface area contributed by atoms with Crippen molar-refractivity contribution in [2.45, 2.75) is 70.6 Å². The fraction of sp³-hybridized carbons (Fsp3) is 0.615. The Morgan fingerprint density at radius 1 is 1.11 bits per heavy atom. The number of carbonyl (C=O) groups excluding carboxylic acids is 2. The van der Waals surface area contributed by atoms with E-state index in [0.717, 1.165) is 43.8 Å². The molecule has 2 aromatic rings. The number of carbonyl (C=O) groups is 2. The normalized spacial score (nSPS) is 21.2. The first-order valence-corrected chi connectivity index (χ1v) is 15.8. The second-order valence-corrected chi connectivity index (χ2v) is 16.4. The van der Waals surface area contributed by atoms with E-state index < -0.39 is 20.3 Å². The van der Waals surface area contributed by atoms with Crippen molar-refractivity contribution in [3.05, 3.63) is 34.7 Å². The van der Waals surface area contributed by atoms with Gasteiger partial charge in [0, 0.05) is 44.4 Å². The van der Waals surface area contributed by atoms with Crippen LogP contribution in [0.15, 0.2) is 29.1 Å². The van der Waals surface area contributed by atoms with Crippen LogP contribution in [0.25, 0.3) is 11.4 Å². The van der Waals surface area contributed by atoms with Crippen molar-refractivity contribution < 1.29 is 14.0 Å². The number of amides is 2. The topological polar surface area (TPSA) is 98.5 Å². The number of hydrogen-bond donors (Lipinski definition) is 1. The number of rotatable bonds is 7. The van der Waals surface area contributed by atoms with Gasteiger partial charge in [-0.2, -0.15) is 0 Å². The molecule has 9 nitrogen and oxygen atoms in total. The van der Waals surface area contributed by atoms with Gasteiger partial charge in [0.25, 0.3) is 5.91 Å². The first-order chi connectivity index (χ1) is 16.9. The summed E-state index contributed by atoms with van der Waals surface area (Å²) >= 11 is 0. The number of aromatic nitrogens is 3. The van der Waals surface area contributed by atoms with Gasteiger partial charge in [0.2, 0.25) is 5.91 Å². The highest BCUT2D eigenvalue weighted by atomic mass is 28.4. The quantitative estimate of drug-likeness (QED) is 0.450. The van der Waals surface area contributed by atoms with Crippen molar-refractivity contribution in [2.75, 3.05) is 24.6 Å². The second kappa shape index (κ2) is 9.97. The summed E-state index contributed by atoms with van der Waals surface area (Å²) < 4.78 is 9.03. The van der Waals surface area contributed by atoms with E-state index in [1.54, 1.807) is 7.05 Å². The average Bonchev–Trinajstić information content (AvgIpc) is 3.39. The lowest BCUT2D eigenvalue weighted by molar-refractivity contribution is -0.136. The molecule has 36 heavy (non-hydrogen) atoms. The van der Waals surface area contributed by atoms with Crippen molar-refractivity contribution in [2.24, 2.45) is 13.0 Å². The lowest BCUT2D eigenvalue weighted by atomic mass is 10.1. The summed E-state index contributed by atoms with van der Waals surface area (Å²) in [5.74, 6) is 0.327. The fourth-order valence-electron chi connectivity index (χ4n) is 4.65. The minimum atomic E-state index is -1.70. The van der Waals surface area contributed by atoms with E-state index >= 15 is 0 Å². The van der Waals surface area contributed by atoms with Crippen LogP contribution in [0.3, 0.4) is 0 Å². The Kier molecular flexibility index (Phi) is 7.30. The van der Waals surface area contributed by atoms with E-state index in [1.807, 2.05) is 12.1 Å². The number of piperidine rings is 1. The average molecular weight is 514 g/mol. The number of hydrogen-bond acceptors (Lipinski definition) is 6. The van der Waals surface area contributed by atoms with Crippen LogP contribution in [0.5, 0.6) is 0 Å². The molecule has 0 radical (unpaired) electrons. The number of nitrogens with zero attached hydrogens (tertiary/aromatic N) is 4. The lowest BCUT2D eigenvalue weighted by Gasteiger charge is -2.36. The molecule has 0 bridgehead atoms. The standard InChI is InChI=1S/C26H39N5O4Si/c1-26(2,3)36(5,6)35-16-14-18-13-15-30(17-18)20-9-7-19(8-10-20)23-28-31(25(34)29(23)4)21-11-12-22(32)27-24(21)33/h7-10,18,21H,11-17H2,1-6H3,(H,27,32,33). The zero-order chi connectivity index (χ0) is 26.3. The highest BCUT2D eigenvalue weighted by molar-refractivity contribution is 6.74. The van der Waals surface area contributed by atoms with Gasteiger partial charge >= 0.3 is 5.69 Å². The summed E-state index contributed by atoms with van der Waals surface area (Å²) in [6, 6.07) is 7.31. The van der Waals surface area contributed by atoms with Gasteiger partial charge in [-0.3, -0.25) is 19.5 Å². The predicted molar refractivity (Wildman–Crippen MR) is 142 cm³/mol. The van der Waals surface area contributed by atoms with Crippen LogP contribution in [0.1, 0.15) is 52.5 Å². The Bertz CT molecular complexity index is 1180. The van der Waals surface area contributed by atoms with E-state index in [4.69, 9.17) is 4.43 Å². The molecule has 2 atom stereocenters. The number of imide groups is 1. The van der Waals surface area contributed by atoms with E-state index in [2.05, 4.69) is 61.3 Å². The molecular weight excluding hydrogens is 474 g/mol. The molecule has 196 valence electrons. The summed E-state index contributed by atoms with van der Waals surface area (Å²) in [6.45, 7) is 14.3. The maximum absolute atomic E-state index is 12.8. The van der Waals surface area contributed by atoms with Crippen molar-refractivity contribution in [3.8, 4) is 11.4 Å². The highest BCUT2D eigenvalue weighted by Crippen LogP contribution is 2.37. The van der Waals surface area contributed by atoms with Gasteiger partial charge in [-0.15, -0.1) is 5.10 Å². The van der Waals surface area contributed by atoms with Crippen molar-refractivity contribution >= 4 is 25.8 Å². The first kappa shape index (κ1) is 26.3. The SMILES string of the molecule is Cn1c(-c2ccc(N3CCC(CCO[Si](C)(C)C(C)(C)C)C3)cc2)nn(C2CCC(=O)NC2=O)c1=O. The Balaban J connectivity index is 1.39. The molecular formula is C26H39N5O4Si. The molecule has 2 aliphatic heterocycles. The number of anilines is 1. The smallest absolute Gasteiger partial charge is 0.346 e. The van der Waals surface area contributed by atoms with Crippen molar-refractivity contribution in [3.63, 3.8) is 0 Å². The molecule has 2 unspecified atom stereocenters. The van der Waals surface area contributed by atoms with Gasteiger partial charge < -0.3 is 9.33 Å². The first-order valence-electron chi connectivity index (χ1n) is 12.9. The van der Waals surface area contributed by atoms with Crippen molar-refractivity contribution in [1.82, 2.24) is 19.7 Å². The summed E-state index contributed by atoms with van der Waals surface area (Å²) in [6.07, 6.45) is 2.72. The minimum Gasteiger partial charge on any atom is -0.417 e. The Morgan fingerprint density at radius 3 is 2.44 bits per heavy atom. The summed E-state index contributed by atoms with van der Waals surface area (Å²) in [5.41, 5.74) is 1.59. The highest BCUT2D eigenvalue weighted by Gasteiger charge is 2.37. The largest absolute Gasteiger partial charge is 0.417 e. The molecule has 3 heterocycles. The van der Waals surface area contributed by atoms with E-state index in [0.29, 0.717) is 11.7 Å². The van der Waals surface area contributed by atoms with E-state index in [9.17, 15) is 14.4 Å². The van der Waals surface area contributed by atoms with Gasteiger partial charge in [-0.1, -0.05) is 20.8 Å². The van der Waals surface area contributed by atoms with Crippen LogP contribution in [-0.4, -0.2) is 54.2 Å². The molecule has 1 N–H and O–H groups in total. The third kappa shape index (κ3) is 5.34. The minimum absolute atomic E-state index is 0.197. The van der Waals surface area contributed by atoms with E-state index in [1.165, 1.54) is 9.25 Å². The second-order valence-electron chi connectivity index (χ2n) is 11.6. The molecule has 0 saturated carbocycles. The summed E-state index contributed by atoms with van der Waals surface area (Å²) in [7, 11) is -0.0534. The zero-order valence-electron chi connectivity index (χ0n) is 22.3. The molecule has 2 fully saturated rings. The number of benzene rings is 1. The van der Waals surface area contributed by atoms with Gasteiger partial charge in [-0.05, 0) is 67.6 Å².